The van der Waals surface area contributed by atoms with E-state index in [1.165, 1.54) is 0 Å². The molecule has 0 saturated carbocycles. The average molecular weight is 226 g/mol. The minimum atomic E-state index is -1.15. The number of carboxylic acid groups (broad SMARTS) is 2. The molecular formula is C7H12ClNO5. The first-order valence-corrected chi connectivity index (χ1v) is 4.39. The number of hydrogen-bond acceptors (Lipinski definition) is 4. The monoisotopic (exact) mass is 225 g/mol. The summed E-state index contributed by atoms with van der Waals surface area (Å²) in [4.78, 5) is 21.7. The molecule has 0 saturated heterocycles. The Bertz CT molecular complexity index is 194. The van der Waals surface area contributed by atoms with E-state index in [0.29, 0.717) is 0 Å². The lowest BCUT2D eigenvalue weighted by molar-refractivity contribution is -0.142. The Morgan fingerprint density at radius 2 is 1.64 bits per heavy atom. The van der Waals surface area contributed by atoms with Crippen molar-refractivity contribution in [3.63, 3.8) is 0 Å². The molecule has 0 aromatic rings. The van der Waals surface area contributed by atoms with Crippen LogP contribution in [0.4, 0.5) is 0 Å². The zero-order chi connectivity index (χ0) is 11.1. The number of hydrogen-bond donors (Lipinski definition) is 3. The topological polar surface area (TPSA) is 98.1 Å². The van der Waals surface area contributed by atoms with Crippen molar-refractivity contribution >= 4 is 23.5 Å². The third-order valence-corrected chi connectivity index (χ3v) is 1.72. The van der Waals surface area contributed by atoms with Gasteiger partial charge in [0.25, 0.3) is 0 Å². The van der Waals surface area contributed by atoms with Gasteiger partial charge in [-0.2, -0.15) is 0 Å². The second-order valence-electron chi connectivity index (χ2n) is 2.77. The van der Waals surface area contributed by atoms with Gasteiger partial charge in [-0.15, -0.1) is 11.6 Å². The van der Waals surface area contributed by atoms with E-state index in [2.05, 4.69) is 0 Å². The number of halogens is 1. The Morgan fingerprint density at radius 3 is 1.93 bits per heavy atom. The summed E-state index contributed by atoms with van der Waals surface area (Å²) in [5.74, 6) is -2.35. The molecule has 1 atom stereocenters. The Kier molecular flexibility index (Phi) is 6.18. The van der Waals surface area contributed by atoms with Crippen LogP contribution in [-0.2, 0) is 9.59 Å². The normalized spacial score (nSPS) is 12.8. The lowest BCUT2D eigenvalue weighted by atomic mass is 10.3. The SMILES string of the molecule is O=C(O)CN(CC(=O)O)CC(O)CCl. The molecule has 0 fully saturated rings. The summed E-state index contributed by atoms with van der Waals surface area (Å²) in [6.45, 7) is -0.928. The Balaban J connectivity index is 4.09. The van der Waals surface area contributed by atoms with Crippen molar-refractivity contribution < 1.29 is 24.9 Å². The van der Waals surface area contributed by atoms with E-state index in [1.54, 1.807) is 0 Å². The maximum Gasteiger partial charge on any atom is 0.317 e. The molecule has 0 rings (SSSR count). The van der Waals surface area contributed by atoms with Crippen LogP contribution in [-0.4, -0.2) is 63.8 Å². The number of rotatable bonds is 7. The highest BCUT2D eigenvalue weighted by Crippen LogP contribution is 1.95. The van der Waals surface area contributed by atoms with Gasteiger partial charge in [0.05, 0.1) is 19.2 Å². The lowest BCUT2D eigenvalue weighted by Gasteiger charge is -2.19. The molecule has 0 radical (unpaired) electrons. The van der Waals surface area contributed by atoms with Crippen LogP contribution in [0.5, 0.6) is 0 Å². The van der Waals surface area contributed by atoms with Crippen molar-refractivity contribution in [3.8, 4) is 0 Å². The molecule has 0 amide bonds. The third-order valence-electron chi connectivity index (χ3n) is 1.36. The number of aliphatic hydroxyl groups excluding tert-OH is 1. The van der Waals surface area contributed by atoms with E-state index >= 15 is 0 Å². The van der Waals surface area contributed by atoms with Gasteiger partial charge in [0.15, 0.2) is 0 Å². The molecule has 6 nitrogen and oxygen atoms in total. The summed E-state index contributed by atoms with van der Waals surface area (Å²) < 4.78 is 0. The highest BCUT2D eigenvalue weighted by Gasteiger charge is 2.16. The van der Waals surface area contributed by atoms with Crippen LogP contribution in [0.25, 0.3) is 0 Å². The molecule has 1 unspecified atom stereocenters. The highest BCUT2D eigenvalue weighted by atomic mass is 35.5. The van der Waals surface area contributed by atoms with Crippen molar-refractivity contribution in [2.45, 2.75) is 6.10 Å². The Labute approximate surface area is 85.7 Å². The van der Waals surface area contributed by atoms with E-state index in [-0.39, 0.29) is 12.4 Å². The molecule has 0 aliphatic rings. The van der Waals surface area contributed by atoms with E-state index in [9.17, 15) is 9.59 Å². The smallest absolute Gasteiger partial charge is 0.317 e. The van der Waals surface area contributed by atoms with Gasteiger partial charge in [-0.05, 0) is 0 Å². The van der Waals surface area contributed by atoms with E-state index in [4.69, 9.17) is 26.9 Å². The van der Waals surface area contributed by atoms with Crippen LogP contribution in [0.3, 0.4) is 0 Å². The quantitative estimate of drug-likeness (QED) is 0.484. The van der Waals surface area contributed by atoms with Crippen LogP contribution in [0.15, 0.2) is 0 Å². The van der Waals surface area contributed by atoms with Crippen LogP contribution in [0.2, 0.25) is 0 Å². The van der Waals surface area contributed by atoms with Crippen LogP contribution < -0.4 is 0 Å². The summed E-state index contributed by atoms with van der Waals surface area (Å²) in [7, 11) is 0. The molecule has 7 heteroatoms. The second kappa shape index (κ2) is 6.58. The highest BCUT2D eigenvalue weighted by molar-refractivity contribution is 6.18. The van der Waals surface area contributed by atoms with Gasteiger partial charge in [0, 0.05) is 12.4 Å². The Hall–Kier alpha value is -0.850. The van der Waals surface area contributed by atoms with Gasteiger partial charge in [-0.3, -0.25) is 14.5 Å². The van der Waals surface area contributed by atoms with Crippen LogP contribution in [0, 0.1) is 0 Å². The first-order valence-electron chi connectivity index (χ1n) is 3.85. The summed E-state index contributed by atoms with van der Waals surface area (Å²) in [5, 5.41) is 26.0. The van der Waals surface area contributed by atoms with Gasteiger partial charge >= 0.3 is 11.9 Å². The fourth-order valence-corrected chi connectivity index (χ4v) is 1.01. The number of carboxylic acids is 2. The van der Waals surface area contributed by atoms with Crippen molar-refractivity contribution in [3.05, 3.63) is 0 Å². The zero-order valence-electron chi connectivity index (χ0n) is 7.39. The lowest BCUT2D eigenvalue weighted by Crippen LogP contribution is -2.40. The van der Waals surface area contributed by atoms with E-state index in [0.717, 1.165) is 4.90 Å². The average Bonchev–Trinajstić information content (AvgIpc) is 2.01. The molecule has 0 aliphatic carbocycles. The van der Waals surface area contributed by atoms with Crippen LogP contribution in [0.1, 0.15) is 0 Å². The number of aliphatic hydroxyl groups is 1. The van der Waals surface area contributed by atoms with Crippen molar-refractivity contribution in [1.29, 1.82) is 0 Å². The van der Waals surface area contributed by atoms with Gasteiger partial charge in [-0.1, -0.05) is 0 Å². The number of alkyl halides is 1. The molecule has 14 heavy (non-hydrogen) atoms. The van der Waals surface area contributed by atoms with Gasteiger partial charge in [0.2, 0.25) is 0 Å². The van der Waals surface area contributed by atoms with E-state index < -0.39 is 31.1 Å². The maximum atomic E-state index is 10.3. The first-order chi connectivity index (χ1) is 6.45. The summed E-state index contributed by atoms with van der Waals surface area (Å²) >= 11 is 5.30. The minimum absolute atomic E-state index is 0.0598. The molecule has 3 N–H and O–H groups in total. The summed E-state index contributed by atoms with van der Waals surface area (Å²) in [6, 6.07) is 0. The van der Waals surface area contributed by atoms with Gasteiger partial charge in [-0.25, -0.2) is 0 Å². The first kappa shape index (κ1) is 13.2. The molecular weight excluding hydrogens is 214 g/mol. The predicted octanol–water partition coefficient (Wildman–Crippen LogP) is -0.943. The predicted molar refractivity (Wildman–Crippen MR) is 48.4 cm³/mol. The largest absolute Gasteiger partial charge is 0.480 e. The Morgan fingerprint density at radius 1 is 1.21 bits per heavy atom. The van der Waals surface area contributed by atoms with Gasteiger partial charge in [0.1, 0.15) is 0 Å². The molecule has 0 spiro atoms. The number of carbonyl (C=O) groups is 2. The third kappa shape index (κ3) is 6.64. The fourth-order valence-electron chi connectivity index (χ4n) is 0.914. The van der Waals surface area contributed by atoms with Crippen molar-refractivity contribution in [2.24, 2.45) is 0 Å². The fraction of sp³-hybridized carbons (Fsp3) is 0.714. The molecule has 0 aromatic heterocycles. The number of nitrogens with zero attached hydrogens (tertiary/aromatic N) is 1. The summed E-state index contributed by atoms with van der Waals surface area (Å²) in [5.41, 5.74) is 0. The molecule has 0 aromatic carbocycles. The van der Waals surface area contributed by atoms with Crippen molar-refractivity contribution in [1.82, 2.24) is 4.90 Å². The van der Waals surface area contributed by atoms with E-state index in [1.807, 2.05) is 0 Å². The van der Waals surface area contributed by atoms with Crippen LogP contribution >= 0.6 is 11.6 Å². The minimum Gasteiger partial charge on any atom is -0.480 e. The second-order valence-corrected chi connectivity index (χ2v) is 3.07. The van der Waals surface area contributed by atoms with Crippen molar-refractivity contribution in [2.75, 3.05) is 25.5 Å². The molecule has 0 aliphatic heterocycles. The standard InChI is InChI=1S/C7H12ClNO5/c8-1-5(10)2-9(3-6(11)12)4-7(13)14/h5,10H,1-4H2,(H,11,12)(H,13,14). The maximum absolute atomic E-state index is 10.3. The molecule has 0 bridgehead atoms. The number of aliphatic carboxylic acids is 2. The zero-order valence-corrected chi connectivity index (χ0v) is 8.15. The summed E-state index contributed by atoms with van der Waals surface area (Å²) in [6.07, 6.45) is -0.921. The molecule has 82 valence electrons. The molecule has 0 heterocycles. The van der Waals surface area contributed by atoms with Gasteiger partial charge < -0.3 is 15.3 Å².